The Balaban J connectivity index is 2.33. The Morgan fingerprint density at radius 2 is 2.09 bits per heavy atom. The van der Waals surface area contributed by atoms with E-state index in [1.807, 2.05) is 0 Å². The third kappa shape index (κ3) is 2.27. The molecule has 0 radical (unpaired) electrons. The number of anilines is 1. The van der Waals surface area contributed by atoms with Crippen LogP contribution in [0, 0.1) is 12.7 Å². The molecule has 1 aromatic heterocycles. The summed E-state index contributed by atoms with van der Waals surface area (Å²) in [4.78, 5) is 4.55. The van der Waals surface area contributed by atoms with Crippen molar-refractivity contribution in [1.29, 1.82) is 0 Å². The largest absolute Gasteiger partial charge is 0.323 e. The third-order valence-corrected chi connectivity index (χ3v) is 6.56. The van der Waals surface area contributed by atoms with Crippen LogP contribution in [0.2, 0.25) is 5.02 Å². The van der Waals surface area contributed by atoms with E-state index in [0.29, 0.717) is 21.7 Å². The Morgan fingerprint density at radius 1 is 1.36 bits per heavy atom. The van der Waals surface area contributed by atoms with Crippen LogP contribution in [0.1, 0.15) is 4.88 Å². The van der Waals surface area contributed by atoms with Gasteiger partial charge in [-0.15, -0.1) is 11.3 Å². The number of guanidine groups is 1. The van der Waals surface area contributed by atoms with Crippen LogP contribution in [0.15, 0.2) is 27.4 Å². The number of rotatable bonds is 1. The Hall–Kier alpha value is -1.64. The van der Waals surface area contributed by atoms with Gasteiger partial charge >= 0.3 is 0 Å². The maximum absolute atomic E-state index is 13.7. The zero-order valence-electron chi connectivity index (χ0n) is 11.6. The van der Waals surface area contributed by atoms with Crippen LogP contribution in [-0.2, 0) is 10.0 Å². The molecule has 1 aliphatic heterocycles. The highest BCUT2D eigenvalue weighted by Gasteiger charge is 2.33. The van der Waals surface area contributed by atoms with Gasteiger partial charge in [0.05, 0.1) is 10.7 Å². The van der Waals surface area contributed by atoms with Crippen molar-refractivity contribution in [3.05, 3.63) is 33.9 Å². The first-order chi connectivity index (χ1) is 10.3. The van der Waals surface area contributed by atoms with Gasteiger partial charge in [-0.3, -0.25) is 4.99 Å². The van der Waals surface area contributed by atoms with E-state index in [1.165, 1.54) is 19.2 Å². The molecule has 2 aromatic rings. The lowest BCUT2D eigenvalue weighted by molar-refractivity contribution is 0.594. The predicted octanol–water partition coefficient (Wildman–Crippen LogP) is 3.21. The van der Waals surface area contributed by atoms with E-state index in [4.69, 9.17) is 11.6 Å². The number of halogens is 2. The van der Waals surface area contributed by atoms with E-state index < -0.39 is 15.8 Å². The molecule has 0 fully saturated rings. The molecule has 3 rings (SSSR count). The molecule has 0 saturated carbocycles. The first-order valence-corrected chi connectivity index (χ1v) is 8.87. The van der Waals surface area contributed by atoms with Gasteiger partial charge in [0.2, 0.25) is 5.96 Å². The van der Waals surface area contributed by atoms with Crippen molar-refractivity contribution in [3.63, 3.8) is 0 Å². The van der Waals surface area contributed by atoms with Crippen LogP contribution in [0.3, 0.4) is 0 Å². The van der Waals surface area contributed by atoms with Gasteiger partial charge in [0.25, 0.3) is 10.0 Å². The molecule has 2 N–H and O–H groups in total. The molecular formula is C13H11ClFN3O2S2. The van der Waals surface area contributed by atoms with Crippen molar-refractivity contribution in [3.8, 4) is 11.1 Å². The second-order valence-corrected chi connectivity index (χ2v) is 8.08. The molecule has 0 atom stereocenters. The lowest BCUT2D eigenvalue weighted by Crippen LogP contribution is -2.39. The number of aliphatic imine (C=N–C) groups is 1. The van der Waals surface area contributed by atoms with E-state index in [2.05, 4.69) is 15.0 Å². The Labute approximate surface area is 135 Å². The summed E-state index contributed by atoms with van der Waals surface area (Å²) in [6.45, 7) is 1.76. The Kier molecular flexibility index (Phi) is 3.62. The fourth-order valence-electron chi connectivity index (χ4n) is 2.26. The van der Waals surface area contributed by atoms with Gasteiger partial charge in [-0.2, -0.15) is 0 Å². The van der Waals surface area contributed by atoms with Crippen LogP contribution in [-0.4, -0.2) is 21.4 Å². The van der Waals surface area contributed by atoms with E-state index in [0.717, 1.165) is 11.3 Å². The summed E-state index contributed by atoms with van der Waals surface area (Å²) in [5.41, 5.74) is 1.38. The molecule has 5 nitrogen and oxygen atoms in total. The summed E-state index contributed by atoms with van der Waals surface area (Å²) in [7, 11) is -2.24. The van der Waals surface area contributed by atoms with Gasteiger partial charge in [0, 0.05) is 23.1 Å². The minimum absolute atomic E-state index is 0.0427. The SMILES string of the molecule is CN=C1Nc2c(sc(C)c2-c2cccc(F)c2Cl)S(=O)(=O)N1. The number of fused-ring (bicyclic) bond motifs is 1. The number of thiophene rings is 1. The van der Waals surface area contributed by atoms with Gasteiger partial charge in [-0.05, 0) is 13.0 Å². The normalized spacial score (nSPS) is 17.7. The first-order valence-electron chi connectivity index (χ1n) is 6.19. The van der Waals surface area contributed by atoms with Crippen LogP contribution in [0.5, 0.6) is 0 Å². The maximum atomic E-state index is 13.7. The Bertz CT molecular complexity index is 906. The molecule has 0 aliphatic carbocycles. The number of hydrogen-bond acceptors (Lipinski definition) is 4. The lowest BCUT2D eigenvalue weighted by atomic mass is 10.1. The van der Waals surface area contributed by atoms with Crippen LogP contribution in [0.4, 0.5) is 10.1 Å². The van der Waals surface area contributed by atoms with Gasteiger partial charge in [0.1, 0.15) is 5.82 Å². The molecule has 0 saturated heterocycles. The maximum Gasteiger partial charge on any atom is 0.275 e. The van der Waals surface area contributed by atoms with Crippen LogP contribution >= 0.6 is 22.9 Å². The number of nitrogens with one attached hydrogen (secondary N) is 2. The summed E-state index contributed by atoms with van der Waals surface area (Å²) in [6, 6.07) is 4.44. The zero-order valence-corrected chi connectivity index (χ0v) is 14.0. The molecule has 2 heterocycles. The molecule has 22 heavy (non-hydrogen) atoms. The second-order valence-electron chi connectivity index (χ2n) is 4.60. The quantitative estimate of drug-likeness (QED) is 0.821. The average Bonchev–Trinajstić information content (AvgIpc) is 2.79. The molecule has 1 aliphatic rings. The van der Waals surface area contributed by atoms with Crippen LogP contribution in [0.25, 0.3) is 11.1 Å². The number of benzene rings is 1. The molecule has 0 unspecified atom stereocenters. The van der Waals surface area contributed by atoms with Gasteiger partial charge in [-0.1, -0.05) is 23.7 Å². The summed E-state index contributed by atoms with van der Waals surface area (Å²) >= 11 is 7.14. The molecule has 116 valence electrons. The van der Waals surface area contributed by atoms with Crippen molar-refractivity contribution in [2.24, 2.45) is 4.99 Å². The molecule has 9 heteroatoms. The van der Waals surface area contributed by atoms with Crippen molar-refractivity contribution >= 4 is 44.6 Å². The number of nitrogens with zero attached hydrogens (tertiary/aromatic N) is 1. The van der Waals surface area contributed by atoms with E-state index in [9.17, 15) is 12.8 Å². The van der Waals surface area contributed by atoms with E-state index in [1.54, 1.807) is 13.0 Å². The number of sulfonamides is 1. The molecule has 0 spiro atoms. The van der Waals surface area contributed by atoms with Crippen molar-refractivity contribution in [2.45, 2.75) is 11.1 Å². The van der Waals surface area contributed by atoms with Crippen LogP contribution < -0.4 is 10.0 Å². The summed E-state index contributed by atoms with van der Waals surface area (Å²) in [5, 5.41) is 2.88. The topological polar surface area (TPSA) is 70.6 Å². The minimum atomic E-state index is -3.70. The Morgan fingerprint density at radius 3 is 2.77 bits per heavy atom. The molecule has 0 amide bonds. The smallest absolute Gasteiger partial charge is 0.275 e. The summed E-state index contributed by atoms with van der Waals surface area (Å²) in [6.07, 6.45) is 0. The monoisotopic (exact) mass is 359 g/mol. The fourth-order valence-corrected chi connectivity index (χ4v) is 5.18. The highest BCUT2D eigenvalue weighted by Crippen LogP contribution is 2.46. The lowest BCUT2D eigenvalue weighted by Gasteiger charge is -2.19. The molecule has 1 aromatic carbocycles. The van der Waals surface area contributed by atoms with Crippen molar-refractivity contribution in [1.82, 2.24) is 4.72 Å². The van der Waals surface area contributed by atoms with Gasteiger partial charge in [0.15, 0.2) is 4.21 Å². The van der Waals surface area contributed by atoms with E-state index in [-0.39, 0.29) is 15.2 Å². The highest BCUT2D eigenvalue weighted by molar-refractivity contribution is 7.92. The third-order valence-electron chi connectivity index (χ3n) is 3.22. The van der Waals surface area contributed by atoms with Crippen molar-refractivity contribution < 1.29 is 12.8 Å². The summed E-state index contributed by atoms with van der Waals surface area (Å²) in [5.74, 6) is -0.446. The average molecular weight is 360 g/mol. The molecule has 0 bridgehead atoms. The fraction of sp³-hybridized carbons (Fsp3) is 0.154. The number of hydrogen-bond donors (Lipinski definition) is 2. The molecular weight excluding hydrogens is 349 g/mol. The first kappa shape index (κ1) is 15.3. The number of aryl methyl sites for hydroxylation is 1. The minimum Gasteiger partial charge on any atom is -0.323 e. The zero-order chi connectivity index (χ0) is 16.1. The highest BCUT2D eigenvalue weighted by atomic mass is 35.5. The second kappa shape index (κ2) is 5.22. The standard InChI is InChI=1S/C13H11ClFN3O2S2/c1-6-9(7-4-3-5-8(15)10(7)14)11-12(21-6)22(19,20)18-13(16-2)17-11/h3-5H,1-2H3,(H2,16,17,18). The van der Waals surface area contributed by atoms with E-state index >= 15 is 0 Å². The van der Waals surface area contributed by atoms with Gasteiger partial charge in [-0.25, -0.2) is 17.5 Å². The predicted molar refractivity (Wildman–Crippen MR) is 86.8 cm³/mol. The van der Waals surface area contributed by atoms with Crippen molar-refractivity contribution in [2.75, 3.05) is 12.4 Å². The van der Waals surface area contributed by atoms with Gasteiger partial charge < -0.3 is 5.32 Å². The summed E-state index contributed by atoms with van der Waals surface area (Å²) < 4.78 is 40.7.